The standard InChI is InChI=1S/C14H12Br3N/c1-9(13-4-2-3-7-18-13)14(17)11-8-10(15)5-6-12(11)16/h2-9,14H,1H3. The van der Waals surface area contributed by atoms with Gasteiger partial charge in [-0.05, 0) is 35.9 Å². The fourth-order valence-electron chi connectivity index (χ4n) is 1.79. The van der Waals surface area contributed by atoms with Gasteiger partial charge in [-0.25, -0.2) is 0 Å². The molecular formula is C14H12Br3N. The molecule has 0 aliphatic carbocycles. The molecule has 0 bridgehead atoms. The molecule has 0 N–H and O–H groups in total. The second-order valence-electron chi connectivity index (χ2n) is 4.11. The number of benzene rings is 1. The zero-order chi connectivity index (χ0) is 13.1. The number of halogens is 3. The molecule has 0 saturated heterocycles. The minimum atomic E-state index is 0.222. The molecule has 4 heteroatoms. The molecule has 0 fully saturated rings. The van der Waals surface area contributed by atoms with Crippen LogP contribution in [0.25, 0.3) is 0 Å². The molecule has 1 heterocycles. The van der Waals surface area contributed by atoms with Crippen LogP contribution in [0.5, 0.6) is 0 Å². The quantitative estimate of drug-likeness (QED) is 0.553. The Morgan fingerprint density at radius 3 is 2.56 bits per heavy atom. The van der Waals surface area contributed by atoms with Gasteiger partial charge >= 0.3 is 0 Å². The Morgan fingerprint density at radius 1 is 1.11 bits per heavy atom. The highest BCUT2D eigenvalue weighted by atomic mass is 79.9. The van der Waals surface area contributed by atoms with Crippen molar-refractivity contribution in [3.63, 3.8) is 0 Å². The van der Waals surface area contributed by atoms with E-state index in [0.29, 0.717) is 5.92 Å². The van der Waals surface area contributed by atoms with Crippen LogP contribution in [-0.4, -0.2) is 4.98 Å². The summed E-state index contributed by atoms with van der Waals surface area (Å²) < 4.78 is 2.19. The van der Waals surface area contributed by atoms with Crippen LogP contribution in [-0.2, 0) is 0 Å². The summed E-state index contributed by atoms with van der Waals surface area (Å²) in [5.74, 6) is 0.303. The molecule has 0 amide bonds. The zero-order valence-corrected chi connectivity index (χ0v) is 14.5. The van der Waals surface area contributed by atoms with Crippen molar-refractivity contribution in [1.29, 1.82) is 0 Å². The summed E-state index contributed by atoms with van der Waals surface area (Å²) >= 11 is 10.9. The van der Waals surface area contributed by atoms with E-state index in [1.54, 1.807) is 0 Å². The summed E-state index contributed by atoms with van der Waals surface area (Å²) in [7, 11) is 0. The number of hydrogen-bond acceptors (Lipinski definition) is 1. The minimum Gasteiger partial charge on any atom is -0.261 e. The van der Waals surface area contributed by atoms with E-state index in [-0.39, 0.29) is 4.83 Å². The summed E-state index contributed by atoms with van der Waals surface area (Å²) in [6.45, 7) is 2.18. The number of nitrogens with zero attached hydrogens (tertiary/aromatic N) is 1. The molecule has 18 heavy (non-hydrogen) atoms. The highest BCUT2D eigenvalue weighted by Crippen LogP contribution is 2.40. The first-order valence-electron chi connectivity index (χ1n) is 5.59. The Bertz CT molecular complexity index is 528. The van der Waals surface area contributed by atoms with Crippen molar-refractivity contribution in [3.05, 3.63) is 62.8 Å². The highest BCUT2D eigenvalue weighted by molar-refractivity contribution is 9.11. The zero-order valence-electron chi connectivity index (χ0n) is 9.78. The number of alkyl halides is 1. The smallest absolute Gasteiger partial charge is 0.0487 e. The number of pyridine rings is 1. The van der Waals surface area contributed by atoms with Gasteiger partial charge in [-0.1, -0.05) is 60.8 Å². The molecule has 0 saturated carbocycles. The van der Waals surface area contributed by atoms with Gasteiger partial charge in [0, 0.05) is 31.6 Å². The average Bonchev–Trinajstić information content (AvgIpc) is 2.41. The molecule has 0 aliphatic rings. The van der Waals surface area contributed by atoms with Crippen molar-refractivity contribution in [3.8, 4) is 0 Å². The molecule has 1 aromatic carbocycles. The molecule has 2 rings (SSSR count). The lowest BCUT2D eigenvalue weighted by Gasteiger charge is -2.19. The molecule has 1 nitrogen and oxygen atoms in total. The lowest BCUT2D eigenvalue weighted by molar-refractivity contribution is 0.722. The molecule has 0 aliphatic heterocycles. The maximum atomic E-state index is 4.42. The highest BCUT2D eigenvalue weighted by Gasteiger charge is 2.21. The van der Waals surface area contributed by atoms with Crippen LogP contribution in [0, 0.1) is 0 Å². The normalized spacial score (nSPS) is 14.2. The minimum absolute atomic E-state index is 0.222. The van der Waals surface area contributed by atoms with Gasteiger partial charge in [0.1, 0.15) is 0 Å². The third-order valence-electron chi connectivity index (χ3n) is 2.85. The molecule has 1 aromatic heterocycles. The van der Waals surface area contributed by atoms with Crippen LogP contribution < -0.4 is 0 Å². The van der Waals surface area contributed by atoms with Gasteiger partial charge in [-0.15, -0.1) is 0 Å². The summed E-state index contributed by atoms with van der Waals surface area (Å²) in [6.07, 6.45) is 1.83. The first-order chi connectivity index (χ1) is 8.59. The van der Waals surface area contributed by atoms with E-state index >= 15 is 0 Å². The second kappa shape index (κ2) is 6.31. The fourth-order valence-corrected chi connectivity index (χ4v) is 3.62. The van der Waals surface area contributed by atoms with Gasteiger partial charge in [0.05, 0.1) is 0 Å². The molecule has 2 unspecified atom stereocenters. The van der Waals surface area contributed by atoms with E-state index in [0.717, 1.165) is 14.6 Å². The Kier molecular flexibility index (Phi) is 4.98. The number of hydrogen-bond donors (Lipinski definition) is 0. The van der Waals surface area contributed by atoms with Crippen LogP contribution in [0.1, 0.15) is 28.9 Å². The lowest BCUT2D eigenvalue weighted by atomic mass is 9.97. The van der Waals surface area contributed by atoms with Gasteiger partial charge in [0.25, 0.3) is 0 Å². The Balaban J connectivity index is 2.31. The fraction of sp³-hybridized carbons (Fsp3) is 0.214. The van der Waals surface area contributed by atoms with Crippen molar-refractivity contribution in [2.75, 3.05) is 0 Å². The van der Waals surface area contributed by atoms with E-state index in [2.05, 4.69) is 77.9 Å². The maximum Gasteiger partial charge on any atom is 0.0487 e. The number of aromatic nitrogens is 1. The van der Waals surface area contributed by atoms with Crippen LogP contribution in [0.4, 0.5) is 0 Å². The Morgan fingerprint density at radius 2 is 1.89 bits per heavy atom. The molecule has 94 valence electrons. The van der Waals surface area contributed by atoms with Crippen LogP contribution in [0.3, 0.4) is 0 Å². The Labute approximate surface area is 132 Å². The average molecular weight is 434 g/mol. The molecule has 2 atom stereocenters. The van der Waals surface area contributed by atoms with Gasteiger partial charge in [0.15, 0.2) is 0 Å². The molecule has 0 radical (unpaired) electrons. The summed E-state index contributed by atoms with van der Waals surface area (Å²) in [4.78, 5) is 4.64. The van der Waals surface area contributed by atoms with Crippen molar-refractivity contribution < 1.29 is 0 Å². The first kappa shape index (κ1) is 14.2. The summed E-state index contributed by atoms with van der Waals surface area (Å²) in [5, 5.41) is 0. The topological polar surface area (TPSA) is 12.9 Å². The van der Waals surface area contributed by atoms with Crippen LogP contribution >= 0.6 is 47.8 Å². The van der Waals surface area contributed by atoms with E-state index in [1.807, 2.05) is 24.4 Å². The first-order valence-corrected chi connectivity index (χ1v) is 8.09. The van der Waals surface area contributed by atoms with Crippen molar-refractivity contribution >= 4 is 47.8 Å². The van der Waals surface area contributed by atoms with Crippen molar-refractivity contribution in [2.24, 2.45) is 0 Å². The third-order valence-corrected chi connectivity index (χ3v) is 5.35. The van der Waals surface area contributed by atoms with E-state index < -0.39 is 0 Å². The lowest BCUT2D eigenvalue weighted by Crippen LogP contribution is -2.04. The van der Waals surface area contributed by atoms with Gasteiger partial charge in [-0.2, -0.15) is 0 Å². The van der Waals surface area contributed by atoms with Crippen LogP contribution in [0.15, 0.2) is 51.5 Å². The summed E-state index contributed by atoms with van der Waals surface area (Å²) in [5.41, 5.74) is 2.31. The van der Waals surface area contributed by atoms with E-state index in [1.165, 1.54) is 5.56 Å². The van der Waals surface area contributed by atoms with Crippen molar-refractivity contribution in [2.45, 2.75) is 17.7 Å². The molecule has 2 aromatic rings. The predicted octanol–water partition coefficient (Wildman–Crippen LogP) is 5.85. The second-order valence-corrected chi connectivity index (χ2v) is 6.87. The van der Waals surface area contributed by atoms with Gasteiger partial charge in [0.2, 0.25) is 0 Å². The summed E-state index contributed by atoms with van der Waals surface area (Å²) in [6, 6.07) is 12.2. The largest absolute Gasteiger partial charge is 0.261 e. The monoisotopic (exact) mass is 431 g/mol. The van der Waals surface area contributed by atoms with Gasteiger partial charge < -0.3 is 0 Å². The van der Waals surface area contributed by atoms with Gasteiger partial charge in [-0.3, -0.25) is 4.98 Å². The molecule has 0 spiro atoms. The van der Waals surface area contributed by atoms with E-state index in [9.17, 15) is 0 Å². The SMILES string of the molecule is CC(c1ccccn1)C(Br)c1cc(Br)ccc1Br. The number of rotatable bonds is 3. The third kappa shape index (κ3) is 3.22. The maximum absolute atomic E-state index is 4.42. The molecular weight excluding hydrogens is 422 g/mol. The predicted molar refractivity (Wildman–Crippen MR) is 86.2 cm³/mol. The van der Waals surface area contributed by atoms with Crippen LogP contribution in [0.2, 0.25) is 0 Å². The van der Waals surface area contributed by atoms with Crippen molar-refractivity contribution in [1.82, 2.24) is 4.98 Å². The Hall–Kier alpha value is -0.190. The van der Waals surface area contributed by atoms with E-state index in [4.69, 9.17) is 0 Å².